The summed E-state index contributed by atoms with van der Waals surface area (Å²) >= 11 is 5.66. The highest BCUT2D eigenvalue weighted by Crippen LogP contribution is 2.46. The molecule has 28 heavy (non-hydrogen) atoms. The number of alkyl halides is 7. The van der Waals surface area contributed by atoms with E-state index in [0.29, 0.717) is 0 Å². The van der Waals surface area contributed by atoms with Crippen LogP contribution in [0.15, 0.2) is 42.2 Å². The average molecular weight is 433 g/mol. The van der Waals surface area contributed by atoms with Crippen molar-refractivity contribution in [3.05, 3.63) is 47.6 Å². The first-order chi connectivity index (χ1) is 12.8. The minimum absolute atomic E-state index is 0.228. The van der Waals surface area contributed by atoms with Crippen LogP contribution < -0.4 is 14.5 Å². The Bertz CT molecular complexity index is 863. The Morgan fingerprint density at radius 3 is 2.29 bits per heavy atom. The first kappa shape index (κ1) is 21.6. The van der Waals surface area contributed by atoms with E-state index >= 15 is 0 Å². The number of hydrogen-bond acceptors (Lipinski definition) is 5. The molecule has 14 heteroatoms. The first-order valence-electron chi connectivity index (χ1n) is 7.03. The minimum atomic E-state index is -6.49. The van der Waals surface area contributed by atoms with Gasteiger partial charge in [-0.1, -0.05) is 16.3 Å². The van der Waals surface area contributed by atoms with Crippen molar-refractivity contribution in [1.82, 2.24) is 9.97 Å². The SMILES string of the molecule is [O-]C(=N[n+]1ccncc1)c1cnc(OCC(F)(F)C(F)(F)C(F)(F)F)c(Cl)c1. The van der Waals surface area contributed by atoms with Crippen LogP contribution >= 0.6 is 11.6 Å². The van der Waals surface area contributed by atoms with Crippen molar-refractivity contribution in [2.24, 2.45) is 5.10 Å². The van der Waals surface area contributed by atoms with Gasteiger partial charge in [-0.05, 0) is 11.2 Å². The average Bonchev–Trinajstić information content (AvgIpc) is 2.60. The standard InChI is InChI=1S/C14H8ClF7N4O2/c15-9-5-8(10(27)25-26-3-1-23-2-4-26)6-24-11(9)28-7-12(16,17)13(18,19)14(20,21)22/h1-6H,7H2. The molecule has 0 radical (unpaired) electrons. The summed E-state index contributed by atoms with van der Waals surface area (Å²) in [6, 6.07) is 0.873. The van der Waals surface area contributed by atoms with Gasteiger partial charge in [0.05, 0.1) is 18.3 Å². The maximum atomic E-state index is 13.2. The van der Waals surface area contributed by atoms with Crippen molar-refractivity contribution in [2.75, 3.05) is 6.61 Å². The van der Waals surface area contributed by atoms with Gasteiger partial charge in [-0.3, -0.25) is 4.98 Å². The number of halogens is 8. The van der Waals surface area contributed by atoms with Gasteiger partial charge in [0.1, 0.15) is 5.02 Å². The van der Waals surface area contributed by atoms with Crippen molar-refractivity contribution in [2.45, 2.75) is 18.0 Å². The van der Waals surface area contributed by atoms with E-state index in [1.807, 2.05) is 0 Å². The number of pyridine rings is 1. The predicted molar refractivity (Wildman–Crippen MR) is 77.1 cm³/mol. The van der Waals surface area contributed by atoms with E-state index in [-0.39, 0.29) is 5.56 Å². The van der Waals surface area contributed by atoms with Gasteiger partial charge < -0.3 is 9.84 Å². The number of ether oxygens (including phenoxy) is 1. The monoisotopic (exact) mass is 432 g/mol. The summed E-state index contributed by atoms with van der Waals surface area (Å²) < 4.78 is 93.6. The Kier molecular flexibility index (Phi) is 5.97. The summed E-state index contributed by atoms with van der Waals surface area (Å²) in [5.41, 5.74) is -0.228. The molecule has 0 aromatic carbocycles. The third kappa shape index (κ3) is 4.58. The van der Waals surface area contributed by atoms with Crippen molar-refractivity contribution in [1.29, 1.82) is 0 Å². The highest BCUT2D eigenvalue weighted by atomic mass is 35.5. The van der Waals surface area contributed by atoms with Crippen LogP contribution in [0.4, 0.5) is 30.7 Å². The summed E-state index contributed by atoms with van der Waals surface area (Å²) in [6.07, 6.45) is -0.402. The van der Waals surface area contributed by atoms with Crippen molar-refractivity contribution >= 4 is 17.5 Å². The van der Waals surface area contributed by atoms with Crippen LogP contribution in [0.25, 0.3) is 0 Å². The predicted octanol–water partition coefficient (Wildman–Crippen LogP) is 2.20. The second-order valence-electron chi connectivity index (χ2n) is 5.11. The van der Waals surface area contributed by atoms with Crippen LogP contribution in [0.2, 0.25) is 5.02 Å². The van der Waals surface area contributed by atoms with Crippen LogP contribution in [0.5, 0.6) is 5.88 Å². The molecule has 0 saturated carbocycles. The van der Waals surface area contributed by atoms with Crippen LogP contribution in [0.1, 0.15) is 5.56 Å². The van der Waals surface area contributed by atoms with Crippen molar-refractivity contribution in [3.63, 3.8) is 0 Å². The van der Waals surface area contributed by atoms with E-state index in [4.69, 9.17) is 11.6 Å². The maximum Gasteiger partial charge on any atom is 0.460 e. The number of aromatic nitrogens is 3. The van der Waals surface area contributed by atoms with Crippen LogP contribution in [-0.2, 0) is 0 Å². The van der Waals surface area contributed by atoms with Crippen LogP contribution in [0.3, 0.4) is 0 Å². The van der Waals surface area contributed by atoms with Crippen LogP contribution in [0, 0.1) is 0 Å². The van der Waals surface area contributed by atoms with E-state index in [0.717, 1.165) is 16.9 Å². The molecule has 0 aliphatic rings. The number of hydrogen-bond donors (Lipinski definition) is 0. The Balaban J connectivity index is 2.16. The fourth-order valence-electron chi connectivity index (χ4n) is 1.65. The summed E-state index contributed by atoms with van der Waals surface area (Å²) in [6.45, 7) is -2.35. The molecular weight excluding hydrogens is 425 g/mol. The van der Waals surface area contributed by atoms with Gasteiger partial charge in [0.2, 0.25) is 18.3 Å². The zero-order valence-electron chi connectivity index (χ0n) is 13.3. The van der Waals surface area contributed by atoms with E-state index in [9.17, 15) is 35.8 Å². The molecule has 0 bridgehead atoms. The highest BCUT2D eigenvalue weighted by Gasteiger charge is 2.73. The Morgan fingerprint density at radius 1 is 1.14 bits per heavy atom. The van der Waals surface area contributed by atoms with Gasteiger partial charge in [0.25, 0.3) is 0 Å². The summed E-state index contributed by atoms with van der Waals surface area (Å²) in [5, 5.41) is 15.0. The fourth-order valence-corrected chi connectivity index (χ4v) is 1.87. The molecule has 0 fully saturated rings. The summed E-state index contributed by atoms with van der Waals surface area (Å²) in [7, 11) is 0. The molecule has 0 atom stereocenters. The maximum absolute atomic E-state index is 13.2. The third-order valence-corrected chi connectivity index (χ3v) is 3.35. The molecule has 6 nitrogen and oxygen atoms in total. The van der Waals surface area contributed by atoms with Gasteiger partial charge in [-0.15, -0.1) is 0 Å². The van der Waals surface area contributed by atoms with Gasteiger partial charge in [0.15, 0.2) is 6.61 Å². The number of rotatable bonds is 6. The lowest BCUT2D eigenvalue weighted by Crippen LogP contribution is -2.54. The van der Waals surface area contributed by atoms with Gasteiger partial charge in [-0.2, -0.15) is 30.7 Å². The highest BCUT2D eigenvalue weighted by molar-refractivity contribution is 6.32. The molecule has 0 spiro atoms. The Morgan fingerprint density at radius 2 is 1.75 bits per heavy atom. The third-order valence-electron chi connectivity index (χ3n) is 3.08. The summed E-state index contributed by atoms with van der Waals surface area (Å²) in [4.78, 5) is 7.07. The van der Waals surface area contributed by atoms with E-state index in [1.54, 1.807) is 0 Å². The molecule has 2 heterocycles. The van der Waals surface area contributed by atoms with Crippen LogP contribution in [-0.4, -0.2) is 40.5 Å². The second kappa shape index (κ2) is 7.73. The molecule has 0 aliphatic carbocycles. The lowest BCUT2D eigenvalue weighted by atomic mass is 10.2. The lowest BCUT2D eigenvalue weighted by Gasteiger charge is -2.27. The topological polar surface area (TPSA) is 74.3 Å². The molecule has 2 rings (SSSR count). The molecule has 0 aliphatic heterocycles. The number of nitrogens with zero attached hydrogens (tertiary/aromatic N) is 4. The normalized spacial score (nSPS) is 13.5. The van der Waals surface area contributed by atoms with Gasteiger partial charge >= 0.3 is 18.0 Å². The van der Waals surface area contributed by atoms with Gasteiger partial charge in [0, 0.05) is 11.8 Å². The zero-order chi connectivity index (χ0) is 21.2. The van der Waals surface area contributed by atoms with E-state index < -0.39 is 41.4 Å². The summed E-state index contributed by atoms with van der Waals surface area (Å²) in [5.74, 6) is -13.7. The molecule has 152 valence electrons. The minimum Gasteiger partial charge on any atom is -0.854 e. The molecule has 0 saturated heterocycles. The smallest absolute Gasteiger partial charge is 0.460 e. The molecule has 2 aromatic heterocycles. The lowest BCUT2D eigenvalue weighted by molar-refractivity contribution is -0.682. The molecule has 0 amide bonds. The fraction of sp³-hybridized carbons (Fsp3) is 0.286. The van der Waals surface area contributed by atoms with Crippen molar-refractivity contribution < 1.29 is 45.3 Å². The first-order valence-corrected chi connectivity index (χ1v) is 7.41. The second-order valence-corrected chi connectivity index (χ2v) is 5.51. The largest absolute Gasteiger partial charge is 0.854 e. The van der Waals surface area contributed by atoms with E-state index in [1.165, 1.54) is 24.8 Å². The van der Waals surface area contributed by atoms with Crippen molar-refractivity contribution in [3.8, 4) is 5.88 Å². The zero-order valence-corrected chi connectivity index (χ0v) is 14.1. The molecule has 0 unspecified atom stereocenters. The van der Waals surface area contributed by atoms with E-state index in [2.05, 4.69) is 19.8 Å². The Hall–Kier alpha value is -2.70. The molecular formula is C14H8ClF7N4O2. The Labute approximate surface area is 156 Å². The molecule has 2 aromatic rings. The van der Waals surface area contributed by atoms with Gasteiger partial charge in [-0.25, -0.2) is 4.98 Å². The quantitative estimate of drug-likeness (QED) is 0.304. The molecule has 0 N–H and O–H groups in total.